The average molecular weight is 817 g/mol. The van der Waals surface area contributed by atoms with Crippen LogP contribution in [0.3, 0.4) is 0 Å². The van der Waals surface area contributed by atoms with Crippen LogP contribution in [0.4, 0.5) is 0 Å². The number of aliphatic hydroxyl groups excluding tert-OH is 1. The number of carbonyl (C=O) groups is 10. The number of primary amides is 2. The first-order valence-corrected chi connectivity index (χ1v) is 18.4. The van der Waals surface area contributed by atoms with E-state index in [0.717, 1.165) is 0 Å². The van der Waals surface area contributed by atoms with E-state index < -0.39 is 134 Å². The van der Waals surface area contributed by atoms with E-state index in [-0.39, 0.29) is 31.1 Å². The summed E-state index contributed by atoms with van der Waals surface area (Å²) in [6.45, 7) is 6.10. The lowest BCUT2D eigenvalue weighted by Gasteiger charge is -2.27. The van der Waals surface area contributed by atoms with Gasteiger partial charge in [-0.15, -0.1) is 0 Å². The summed E-state index contributed by atoms with van der Waals surface area (Å²) in [7, 11) is 0. The minimum atomic E-state index is -1.82. The predicted molar refractivity (Wildman–Crippen MR) is 201 cm³/mol. The Morgan fingerprint density at radius 1 is 0.526 bits per heavy atom. The van der Waals surface area contributed by atoms with Crippen molar-refractivity contribution in [3.8, 4) is 0 Å². The summed E-state index contributed by atoms with van der Waals surface area (Å²) in [6.07, 6.45) is -1.59. The summed E-state index contributed by atoms with van der Waals surface area (Å²) < 4.78 is 0. The molecule has 0 spiro atoms. The molecular weight excluding hydrogens is 756 g/mol. The number of unbranched alkanes of at least 4 members (excludes halogenated alkanes) is 1. The van der Waals surface area contributed by atoms with Gasteiger partial charge in [0.2, 0.25) is 47.3 Å². The maximum Gasteiger partial charge on any atom is 0.326 e. The molecule has 0 saturated carbocycles. The zero-order chi connectivity index (χ0) is 44.0. The molecule has 17 N–H and O–H groups in total. The number of aliphatic carboxylic acids is 2. The Morgan fingerprint density at radius 3 is 1.35 bits per heavy atom. The normalized spacial score (nSPS) is 14.8. The van der Waals surface area contributed by atoms with E-state index in [2.05, 4.69) is 31.9 Å². The fourth-order valence-electron chi connectivity index (χ4n) is 5.23. The molecule has 0 aliphatic rings. The van der Waals surface area contributed by atoms with Crippen LogP contribution in [-0.2, 0) is 47.9 Å². The fourth-order valence-corrected chi connectivity index (χ4v) is 5.23. The van der Waals surface area contributed by atoms with Crippen LogP contribution < -0.4 is 54.8 Å². The molecule has 23 nitrogen and oxygen atoms in total. The van der Waals surface area contributed by atoms with Crippen LogP contribution in [0.5, 0.6) is 0 Å². The highest BCUT2D eigenvalue weighted by atomic mass is 16.4. The van der Waals surface area contributed by atoms with E-state index in [4.69, 9.17) is 22.9 Å². The summed E-state index contributed by atoms with van der Waals surface area (Å²) >= 11 is 0. The molecule has 0 heterocycles. The first kappa shape index (κ1) is 51.6. The maximum absolute atomic E-state index is 13.6. The number of nitrogens with one attached hydrogen (secondary N) is 6. The van der Waals surface area contributed by atoms with Gasteiger partial charge in [0.25, 0.3) is 0 Å². The van der Waals surface area contributed by atoms with Crippen LogP contribution >= 0.6 is 0 Å². The minimum absolute atomic E-state index is 0.00827. The van der Waals surface area contributed by atoms with E-state index in [1.165, 1.54) is 0 Å². The fraction of sp³-hybridized carbons (Fsp3) is 0.706. The Labute approximate surface area is 329 Å². The summed E-state index contributed by atoms with van der Waals surface area (Å²) in [5, 5.41) is 42.1. The summed E-state index contributed by atoms with van der Waals surface area (Å²) in [6, 6.07) is -10.8. The number of rotatable bonds is 29. The van der Waals surface area contributed by atoms with E-state index in [9.17, 15) is 63.3 Å². The third-order valence-electron chi connectivity index (χ3n) is 8.14. The smallest absolute Gasteiger partial charge is 0.326 e. The highest BCUT2D eigenvalue weighted by Gasteiger charge is 2.35. The van der Waals surface area contributed by atoms with Gasteiger partial charge in [-0.1, -0.05) is 34.1 Å². The van der Waals surface area contributed by atoms with E-state index in [1.54, 1.807) is 27.7 Å². The molecule has 57 heavy (non-hydrogen) atoms. The number of carboxylic acid groups (broad SMARTS) is 2. The van der Waals surface area contributed by atoms with Crippen molar-refractivity contribution in [2.45, 2.75) is 128 Å². The SMILES string of the molecule is CC(C)C[C@H](NC(=O)[C@H](CO)NC(=O)[C@H](CCC(=O)O)NC(=O)[C@H](CC(N)=O)NC(=O)[C@H](CC(C)C)NC(=O)[C@H](CC(N)=O)NC(=O)[C@@H](N)CCCCN)C(=O)O. The maximum atomic E-state index is 13.6. The zero-order valence-electron chi connectivity index (χ0n) is 32.7. The van der Waals surface area contributed by atoms with Crippen molar-refractivity contribution >= 4 is 59.2 Å². The molecule has 23 heteroatoms. The van der Waals surface area contributed by atoms with Gasteiger partial charge in [-0.2, -0.15) is 0 Å². The molecule has 0 fully saturated rings. The van der Waals surface area contributed by atoms with Crippen molar-refractivity contribution in [1.82, 2.24) is 31.9 Å². The summed E-state index contributed by atoms with van der Waals surface area (Å²) in [5.74, 6) is -11.7. The van der Waals surface area contributed by atoms with Crippen LogP contribution in [0.15, 0.2) is 0 Å². The molecule has 0 aromatic rings. The number of hydrogen-bond donors (Lipinski definition) is 13. The van der Waals surface area contributed by atoms with Gasteiger partial charge >= 0.3 is 11.9 Å². The molecule has 324 valence electrons. The summed E-state index contributed by atoms with van der Waals surface area (Å²) in [5.41, 5.74) is 22.0. The van der Waals surface area contributed by atoms with Crippen molar-refractivity contribution < 1.29 is 63.3 Å². The summed E-state index contributed by atoms with van der Waals surface area (Å²) in [4.78, 5) is 126. The van der Waals surface area contributed by atoms with Crippen molar-refractivity contribution in [3.05, 3.63) is 0 Å². The van der Waals surface area contributed by atoms with Crippen LogP contribution in [0, 0.1) is 11.8 Å². The van der Waals surface area contributed by atoms with Gasteiger partial charge < -0.3 is 70.2 Å². The molecule has 0 bridgehead atoms. The molecule has 7 atom stereocenters. The standard InChI is InChI=1S/C34H60N10O13/c1-16(2)11-20(41-32(54)21(13-25(37)46)40-28(50)18(36)7-5-6-10-35)30(52)42-22(14-26(38)47)31(53)39-19(8-9-27(48)49)29(51)44-24(15-45)33(55)43-23(34(56)57)12-17(3)4/h16-24,45H,5-15,35-36H2,1-4H3,(H2,37,46)(H2,38,47)(H,39,53)(H,40,50)(H,41,54)(H,42,52)(H,43,55)(H,44,51)(H,48,49)(H,56,57)/t18-,19-,20-,21-,22-,23-,24-/m0/s1. The third-order valence-corrected chi connectivity index (χ3v) is 8.14. The van der Waals surface area contributed by atoms with Gasteiger partial charge in [0.1, 0.15) is 36.3 Å². The molecule has 0 aliphatic carbocycles. The van der Waals surface area contributed by atoms with E-state index in [1.807, 2.05) is 0 Å². The monoisotopic (exact) mass is 816 g/mol. The lowest BCUT2D eigenvalue weighted by Crippen LogP contribution is -2.60. The lowest BCUT2D eigenvalue weighted by atomic mass is 10.0. The number of aliphatic hydroxyl groups is 1. The van der Waals surface area contributed by atoms with E-state index >= 15 is 0 Å². The molecule has 8 amide bonds. The second kappa shape index (κ2) is 26.4. The Bertz CT molecular complexity index is 1430. The average Bonchev–Trinajstić information content (AvgIpc) is 3.09. The highest BCUT2D eigenvalue weighted by Crippen LogP contribution is 2.10. The zero-order valence-corrected chi connectivity index (χ0v) is 32.7. The van der Waals surface area contributed by atoms with Gasteiger partial charge in [-0.25, -0.2) is 4.79 Å². The molecule has 0 radical (unpaired) electrons. The number of amides is 8. The highest BCUT2D eigenvalue weighted by molar-refractivity contribution is 5.99. The van der Waals surface area contributed by atoms with Crippen molar-refractivity contribution in [2.24, 2.45) is 34.8 Å². The second-order valence-electron chi connectivity index (χ2n) is 14.3. The molecule has 0 saturated heterocycles. The van der Waals surface area contributed by atoms with Gasteiger partial charge in [-0.05, 0) is 50.5 Å². The lowest BCUT2D eigenvalue weighted by molar-refractivity contribution is -0.143. The Balaban J connectivity index is 6.27. The van der Waals surface area contributed by atoms with Gasteiger partial charge in [0, 0.05) is 6.42 Å². The largest absolute Gasteiger partial charge is 0.481 e. The Hall–Kier alpha value is -5.42. The van der Waals surface area contributed by atoms with Gasteiger partial charge in [0.15, 0.2) is 0 Å². The topological polar surface area (TPSA) is 408 Å². The molecule has 0 unspecified atom stereocenters. The van der Waals surface area contributed by atoms with Crippen LogP contribution in [0.25, 0.3) is 0 Å². The molecule has 0 aromatic heterocycles. The van der Waals surface area contributed by atoms with Crippen LogP contribution in [0.1, 0.15) is 85.5 Å². The van der Waals surface area contributed by atoms with Crippen LogP contribution in [-0.4, -0.2) is 130 Å². The van der Waals surface area contributed by atoms with Gasteiger partial charge in [-0.3, -0.25) is 43.2 Å². The number of nitrogens with two attached hydrogens (primary N) is 4. The molecule has 0 aromatic carbocycles. The van der Waals surface area contributed by atoms with Crippen LogP contribution in [0.2, 0.25) is 0 Å². The first-order valence-electron chi connectivity index (χ1n) is 18.4. The number of hydrogen-bond acceptors (Lipinski definition) is 13. The number of carbonyl (C=O) groups excluding carboxylic acids is 8. The Kier molecular flexibility index (Phi) is 23.9. The van der Waals surface area contributed by atoms with E-state index in [0.29, 0.717) is 19.4 Å². The molecule has 0 aliphatic heterocycles. The third kappa shape index (κ3) is 21.5. The molecular formula is C34H60N10O13. The molecule has 0 rings (SSSR count). The Morgan fingerprint density at radius 2 is 0.912 bits per heavy atom. The van der Waals surface area contributed by atoms with Gasteiger partial charge in [0.05, 0.1) is 25.5 Å². The van der Waals surface area contributed by atoms with Crippen molar-refractivity contribution in [2.75, 3.05) is 13.2 Å². The van der Waals surface area contributed by atoms with Crippen molar-refractivity contribution in [3.63, 3.8) is 0 Å². The first-order chi connectivity index (χ1) is 26.5. The van der Waals surface area contributed by atoms with Crippen molar-refractivity contribution in [1.29, 1.82) is 0 Å². The second-order valence-corrected chi connectivity index (χ2v) is 14.3. The minimum Gasteiger partial charge on any atom is -0.481 e. The number of carboxylic acids is 2. The predicted octanol–water partition coefficient (Wildman–Crippen LogP) is -4.86. The quantitative estimate of drug-likeness (QED) is 0.0315.